The molecular weight excluding hydrogens is 614 g/mol. The van der Waals surface area contributed by atoms with Crippen molar-refractivity contribution in [2.75, 3.05) is 44.9 Å². The zero-order valence-electron chi connectivity index (χ0n) is 26.1. The fourth-order valence-electron chi connectivity index (χ4n) is 7.66. The SMILES string of the molecule is COCCCN1[C@@H](C)C/C=C\[C@H](O)[C@@H]2CC[C@H]2CN2C[C@@]3(CCCc4cc(Cl)ccc43)COc3ccc(cc32)C(=O)NS1(=O)=O. The van der Waals surface area contributed by atoms with Crippen LogP contribution in [0.15, 0.2) is 48.6 Å². The van der Waals surface area contributed by atoms with Crippen molar-refractivity contribution in [3.8, 4) is 5.75 Å². The van der Waals surface area contributed by atoms with E-state index >= 15 is 0 Å². The highest BCUT2D eigenvalue weighted by Crippen LogP contribution is 2.46. The molecule has 2 aromatic rings. The van der Waals surface area contributed by atoms with Gasteiger partial charge in [-0.2, -0.15) is 12.7 Å². The number of aliphatic hydroxyl groups is 1. The van der Waals surface area contributed by atoms with Crippen molar-refractivity contribution in [1.82, 2.24) is 9.03 Å². The summed E-state index contributed by atoms with van der Waals surface area (Å²) >= 11 is 6.40. The molecule has 45 heavy (non-hydrogen) atoms. The van der Waals surface area contributed by atoms with Crippen molar-refractivity contribution in [3.63, 3.8) is 0 Å². The lowest BCUT2D eigenvalue weighted by Crippen LogP contribution is -2.49. The first-order valence-corrected chi connectivity index (χ1v) is 17.9. The first-order valence-electron chi connectivity index (χ1n) is 16.1. The number of aliphatic hydroxyl groups excluding tert-OH is 1. The van der Waals surface area contributed by atoms with Crippen molar-refractivity contribution < 1.29 is 27.8 Å². The number of benzene rings is 2. The zero-order chi connectivity index (χ0) is 31.8. The van der Waals surface area contributed by atoms with Crippen LogP contribution in [0.5, 0.6) is 5.75 Å². The molecule has 2 aliphatic heterocycles. The van der Waals surface area contributed by atoms with Crippen LogP contribution in [0.2, 0.25) is 5.02 Å². The van der Waals surface area contributed by atoms with Crippen molar-refractivity contribution in [1.29, 1.82) is 0 Å². The lowest BCUT2D eigenvalue weighted by molar-refractivity contribution is 0.0455. The molecule has 0 unspecified atom stereocenters. The maximum atomic E-state index is 13.6. The van der Waals surface area contributed by atoms with Gasteiger partial charge in [-0.05, 0) is 105 Å². The minimum atomic E-state index is -4.18. The highest BCUT2D eigenvalue weighted by Gasteiger charge is 2.44. The van der Waals surface area contributed by atoms with Crippen LogP contribution in [0.3, 0.4) is 0 Å². The van der Waals surface area contributed by atoms with Gasteiger partial charge >= 0.3 is 10.2 Å². The number of aryl methyl sites for hydroxylation is 1. The summed E-state index contributed by atoms with van der Waals surface area (Å²) in [6.07, 6.45) is 8.82. The molecule has 1 saturated carbocycles. The Labute approximate surface area is 271 Å². The summed E-state index contributed by atoms with van der Waals surface area (Å²) < 4.78 is 42.6. The fourth-order valence-corrected chi connectivity index (χ4v) is 9.25. The smallest absolute Gasteiger partial charge is 0.304 e. The molecule has 2 aliphatic carbocycles. The maximum absolute atomic E-state index is 13.6. The van der Waals surface area contributed by atoms with E-state index in [2.05, 4.69) is 21.8 Å². The Morgan fingerprint density at radius 3 is 2.82 bits per heavy atom. The minimum absolute atomic E-state index is 0.0958. The van der Waals surface area contributed by atoms with Crippen molar-refractivity contribution in [2.24, 2.45) is 11.8 Å². The molecule has 9 nitrogen and oxygen atoms in total. The third-order valence-electron chi connectivity index (χ3n) is 10.2. The van der Waals surface area contributed by atoms with E-state index < -0.39 is 28.3 Å². The number of hydrogen-bond donors (Lipinski definition) is 2. The Balaban J connectivity index is 1.39. The summed E-state index contributed by atoms with van der Waals surface area (Å²) in [5.41, 5.74) is 3.23. The number of carbonyl (C=O) groups excluding carboxylic acids is 1. The van der Waals surface area contributed by atoms with Gasteiger partial charge in [0.2, 0.25) is 0 Å². The molecule has 2 bridgehead atoms. The number of nitrogens with zero attached hydrogens (tertiary/aromatic N) is 2. The van der Waals surface area contributed by atoms with Gasteiger partial charge in [-0.3, -0.25) is 4.79 Å². The molecule has 5 atom stereocenters. The molecule has 0 aromatic heterocycles. The Morgan fingerprint density at radius 1 is 1.20 bits per heavy atom. The summed E-state index contributed by atoms with van der Waals surface area (Å²) in [5, 5.41) is 12.0. The highest BCUT2D eigenvalue weighted by atomic mass is 35.5. The van der Waals surface area contributed by atoms with E-state index in [0.29, 0.717) is 44.9 Å². The molecule has 1 spiro atoms. The van der Waals surface area contributed by atoms with Gasteiger partial charge in [0, 0.05) is 55.4 Å². The van der Waals surface area contributed by atoms with E-state index in [-0.39, 0.29) is 29.4 Å². The van der Waals surface area contributed by atoms with Gasteiger partial charge in [-0.25, -0.2) is 4.72 Å². The first kappa shape index (κ1) is 32.3. The quantitative estimate of drug-likeness (QED) is 0.357. The lowest BCUT2D eigenvalue weighted by Gasteiger charge is -2.45. The van der Waals surface area contributed by atoms with Crippen LogP contribution in [0.25, 0.3) is 0 Å². The number of fused-ring (bicyclic) bond motifs is 4. The molecule has 4 aliphatic rings. The monoisotopic (exact) mass is 657 g/mol. The average Bonchev–Trinajstić information content (AvgIpc) is 3.13. The molecule has 2 heterocycles. The molecule has 11 heteroatoms. The molecule has 1 fully saturated rings. The van der Waals surface area contributed by atoms with E-state index in [4.69, 9.17) is 21.1 Å². The van der Waals surface area contributed by atoms with E-state index in [1.165, 1.54) is 15.4 Å². The van der Waals surface area contributed by atoms with Gasteiger partial charge in [0.15, 0.2) is 0 Å². The topological polar surface area (TPSA) is 108 Å². The van der Waals surface area contributed by atoms with Crippen LogP contribution >= 0.6 is 11.6 Å². The third-order valence-corrected chi connectivity index (χ3v) is 12.1. The van der Waals surface area contributed by atoms with Crippen molar-refractivity contribution in [3.05, 3.63) is 70.3 Å². The van der Waals surface area contributed by atoms with Gasteiger partial charge in [0.25, 0.3) is 5.91 Å². The molecule has 2 N–H and O–H groups in total. The average molecular weight is 658 g/mol. The standard InChI is InChI=1S/C34H44ClN3O6S/c1-23-6-3-8-31(39)28-12-9-26(28)20-37-21-34(15-4-7-24-18-27(35)11-13-29(24)34)22-44-32-14-10-25(19-30(32)37)33(40)36-45(41,42)38(23)16-5-17-43-2/h3,8,10-11,13-14,18-19,23,26,28,31,39H,4-7,9,12,15-17,20-22H2,1-2H3,(H,36,40)/b8-3-/t23-,26-,28+,31-,34-/m0/s1. The molecule has 2 aromatic carbocycles. The maximum Gasteiger partial charge on any atom is 0.304 e. The van der Waals surface area contributed by atoms with E-state index in [0.717, 1.165) is 42.8 Å². The van der Waals surface area contributed by atoms with E-state index in [9.17, 15) is 18.3 Å². The molecule has 1 amide bonds. The summed E-state index contributed by atoms with van der Waals surface area (Å²) in [6.45, 7) is 4.26. The Kier molecular flexibility index (Phi) is 9.51. The summed E-state index contributed by atoms with van der Waals surface area (Å²) in [7, 11) is -2.60. The molecule has 0 saturated heterocycles. The number of carbonyl (C=O) groups is 1. The predicted octanol–water partition coefficient (Wildman–Crippen LogP) is 4.86. The summed E-state index contributed by atoms with van der Waals surface area (Å²) in [4.78, 5) is 15.9. The second-order valence-corrected chi connectivity index (χ2v) is 15.2. The number of methoxy groups -OCH3 is 1. The number of halogens is 1. The second kappa shape index (κ2) is 13.2. The Bertz CT molecular complexity index is 1550. The number of anilines is 1. The number of ether oxygens (including phenoxy) is 2. The van der Waals surface area contributed by atoms with Crippen LogP contribution < -0.4 is 14.4 Å². The van der Waals surface area contributed by atoms with Crippen LogP contribution in [-0.2, 0) is 26.8 Å². The lowest BCUT2D eigenvalue weighted by atomic mass is 9.68. The van der Waals surface area contributed by atoms with E-state index in [1.54, 1.807) is 25.3 Å². The predicted molar refractivity (Wildman–Crippen MR) is 175 cm³/mol. The van der Waals surface area contributed by atoms with Crippen LogP contribution in [-0.4, -0.2) is 75.8 Å². The Morgan fingerprint density at radius 2 is 2.04 bits per heavy atom. The number of rotatable bonds is 4. The van der Waals surface area contributed by atoms with Gasteiger partial charge in [-0.1, -0.05) is 29.8 Å². The molecule has 244 valence electrons. The van der Waals surface area contributed by atoms with E-state index in [1.807, 2.05) is 25.1 Å². The van der Waals surface area contributed by atoms with Gasteiger partial charge in [0.05, 0.1) is 18.4 Å². The Hall–Kier alpha value is -2.63. The van der Waals surface area contributed by atoms with Crippen LogP contribution in [0.1, 0.15) is 66.9 Å². The summed E-state index contributed by atoms with van der Waals surface area (Å²) in [5.74, 6) is 0.339. The first-order chi connectivity index (χ1) is 21.6. The third kappa shape index (κ3) is 6.63. The highest BCUT2D eigenvalue weighted by molar-refractivity contribution is 7.87. The molecular formula is C34H44ClN3O6S. The number of nitrogens with one attached hydrogen (secondary N) is 1. The normalized spacial score (nSPS) is 30.7. The second-order valence-electron chi connectivity index (χ2n) is 13.2. The zero-order valence-corrected chi connectivity index (χ0v) is 27.7. The van der Waals surface area contributed by atoms with Crippen LogP contribution in [0, 0.1) is 11.8 Å². The number of hydrogen-bond acceptors (Lipinski definition) is 7. The van der Waals surface area contributed by atoms with Crippen molar-refractivity contribution >= 4 is 33.4 Å². The summed E-state index contributed by atoms with van der Waals surface area (Å²) in [6, 6.07) is 10.9. The van der Waals surface area contributed by atoms with Crippen LogP contribution in [0.4, 0.5) is 5.69 Å². The van der Waals surface area contributed by atoms with Gasteiger partial charge in [0.1, 0.15) is 5.75 Å². The molecule has 6 rings (SSSR count). The largest absolute Gasteiger partial charge is 0.490 e. The van der Waals surface area contributed by atoms with Crippen molar-refractivity contribution in [2.45, 2.75) is 69.4 Å². The van der Waals surface area contributed by atoms with Gasteiger partial charge < -0.3 is 19.5 Å². The fraction of sp³-hybridized carbons (Fsp3) is 0.559. The van der Waals surface area contributed by atoms with Gasteiger partial charge in [-0.15, -0.1) is 0 Å². The number of amides is 1. The minimum Gasteiger partial charge on any atom is -0.490 e. The molecule has 0 radical (unpaired) electrons.